The molecule has 0 aliphatic carbocycles. The second-order valence-corrected chi connectivity index (χ2v) is 6.04. The number of carbonyl (C=O) groups is 3. The van der Waals surface area contributed by atoms with E-state index >= 15 is 0 Å². The minimum absolute atomic E-state index is 0.0691. The molecule has 0 unspecified atom stereocenters. The molecule has 2 heterocycles. The van der Waals surface area contributed by atoms with Crippen LogP contribution in [0.2, 0.25) is 0 Å². The van der Waals surface area contributed by atoms with E-state index < -0.39 is 0 Å². The van der Waals surface area contributed by atoms with E-state index in [1.807, 2.05) is 25.1 Å². The average Bonchev–Trinajstić information content (AvgIpc) is 3.11. The summed E-state index contributed by atoms with van der Waals surface area (Å²) in [7, 11) is 0. The molecule has 27 heavy (non-hydrogen) atoms. The minimum atomic E-state index is -0.388. The molecule has 2 aromatic heterocycles. The maximum absolute atomic E-state index is 12.5. The van der Waals surface area contributed by atoms with Crippen molar-refractivity contribution in [3.05, 3.63) is 53.1 Å². The Kier molecular flexibility index (Phi) is 5.25. The van der Waals surface area contributed by atoms with Gasteiger partial charge in [0.15, 0.2) is 12.0 Å². The number of aromatic amines is 1. The van der Waals surface area contributed by atoms with Crippen LogP contribution in [0.25, 0.3) is 11.0 Å². The van der Waals surface area contributed by atoms with Crippen LogP contribution in [0.5, 0.6) is 0 Å². The van der Waals surface area contributed by atoms with Crippen LogP contribution in [0.4, 0.5) is 5.69 Å². The van der Waals surface area contributed by atoms with Crippen LogP contribution in [-0.4, -0.2) is 33.1 Å². The van der Waals surface area contributed by atoms with Gasteiger partial charge in [-0.3, -0.25) is 14.4 Å². The number of benzene rings is 1. The summed E-state index contributed by atoms with van der Waals surface area (Å²) in [4.78, 5) is 46.1. The second kappa shape index (κ2) is 7.77. The lowest BCUT2D eigenvalue weighted by Gasteiger charge is -2.11. The lowest BCUT2D eigenvalue weighted by molar-refractivity contribution is -0.115. The highest BCUT2D eigenvalue weighted by Gasteiger charge is 2.16. The Hall–Kier alpha value is -3.55. The van der Waals surface area contributed by atoms with Crippen molar-refractivity contribution in [3.63, 3.8) is 0 Å². The number of carbonyl (C=O) groups excluding carboxylic acids is 3. The molecule has 0 atom stereocenters. The van der Waals surface area contributed by atoms with E-state index in [0.717, 1.165) is 16.8 Å². The van der Waals surface area contributed by atoms with Crippen molar-refractivity contribution in [3.8, 4) is 0 Å². The summed E-state index contributed by atoms with van der Waals surface area (Å²) in [5.41, 5.74) is 3.86. The van der Waals surface area contributed by atoms with Crippen molar-refractivity contribution >= 4 is 34.8 Å². The van der Waals surface area contributed by atoms with E-state index in [-0.39, 0.29) is 24.1 Å². The van der Waals surface area contributed by atoms with Crippen molar-refractivity contribution in [2.75, 3.05) is 5.32 Å². The van der Waals surface area contributed by atoms with Gasteiger partial charge in [0.25, 0.3) is 5.91 Å². The molecular weight excluding hydrogens is 346 g/mol. The average molecular weight is 365 g/mol. The number of aromatic nitrogens is 3. The SMILES string of the molecule is CCC(=O)Nc1cc(CNC(=O)c2ncnc3c(C=O)c[nH]c23)ccc1C. The van der Waals surface area contributed by atoms with Gasteiger partial charge in [-0.05, 0) is 24.1 Å². The Bertz CT molecular complexity index is 1030. The Morgan fingerprint density at radius 3 is 2.81 bits per heavy atom. The summed E-state index contributed by atoms with van der Waals surface area (Å²) in [6.07, 6.45) is 3.81. The molecule has 0 bridgehead atoms. The summed E-state index contributed by atoms with van der Waals surface area (Å²) in [6, 6.07) is 5.60. The number of aldehydes is 1. The van der Waals surface area contributed by atoms with Gasteiger partial charge in [-0.25, -0.2) is 9.97 Å². The number of rotatable bonds is 6. The smallest absolute Gasteiger partial charge is 0.272 e. The van der Waals surface area contributed by atoms with E-state index in [4.69, 9.17) is 0 Å². The zero-order chi connectivity index (χ0) is 19.4. The quantitative estimate of drug-likeness (QED) is 0.580. The normalized spacial score (nSPS) is 10.6. The highest BCUT2D eigenvalue weighted by molar-refractivity contribution is 6.06. The van der Waals surface area contributed by atoms with Crippen LogP contribution < -0.4 is 10.6 Å². The van der Waals surface area contributed by atoms with Crippen molar-refractivity contribution in [2.45, 2.75) is 26.8 Å². The molecule has 8 nitrogen and oxygen atoms in total. The van der Waals surface area contributed by atoms with Gasteiger partial charge in [-0.15, -0.1) is 0 Å². The van der Waals surface area contributed by atoms with E-state index in [0.29, 0.717) is 29.3 Å². The molecule has 1 aromatic carbocycles. The zero-order valence-electron chi connectivity index (χ0n) is 15.0. The summed E-state index contributed by atoms with van der Waals surface area (Å²) in [5, 5.41) is 5.64. The fourth-order valence-electron chi connectivity index (χ4n) is 2.64. The van der Waals surface area contributed by atoms with Gasteiger partial charge >= 0.3 is 0 Å². The first kappa shape index (κ1) is 18.2. The fourth-order valence-corrected chi connectivity index (χ4v) is 2.64. The van der Waals surface area contributed by atoms with Crippen molar-refractivity contribution in [1.82, 2.24) is 20.3 Å². The number of hydrogen-bond acceptors (Lipinski definition) is 5. The van der Waals surface area contributed by atoms with E-state index in [1.54, 1.807) is 6.92 Å². The lowest BCUT2D eigenvalue weighted by atomic mass is 10.1. The molecule has 2 amide bonds. The molecule has 8 heteroatoms. The molecule has 3 N–H and O–H groups in total. The standard InChI is InChI=1S/C19H19N5O3/c1-3-15(26)24-14-6-12(5-4-11(14)2)7-21-19(27)18-17-16(22-10-23-18)13(9-25)8-20-17/h4-6,8-10,20H,3,7H2,1-2H3,(H,21,27)(H,24,26). The first-order valence-electron chi connectivity index (χ1n) is 8.48. The van der Waals surface area contributed by atoms with Gasteiger partial charge in [0, 0.05) is 24.8 Å². The van der Waals surface area contributed by atoms with Crippen LogP contribution in [0.3, 0.4) is 0 Å². The van der Waals surface area contributed by atoms with Gasteiger partial charge in [0.1, 0.15) is 11.8 Å². The van der Waals surface area contributed by atoms with Crippen LogP contribution in [0.15, 0.2) is 30.7 Å². The zero-order valence-corrected chi connectivity index (χ0v) is 15.0. The fraction of sp³-hybridized carbons (Fsp3) is 0.211. The van der Waals surface area contributed by atoms with Gasteiger partial charge in [0.2, 0.25) is 5.91 Å². The summed E-state index contributed by atoms with van der Waals surface area (Å²) >= 11 is 0. The number of fused-ring (bicyclic) bond motifs is 1. The number of H-pyrrole nitrogens is 1. The number of amides is 2. The molecule has 3 rings (SSSR count). The van der Waals surface area contributed by atoms with Crippen LogP contribution >= 0.6 is 0 Å². The first-order valence-corrected chi connectivity index (χ1v) is 8.48. The largest absolute Gasteiger partial charge is 0.357 e. The number of hydrogen-bond donors (Lipinski definition) is 3. The summed E-state index contributed by atoms with van der Waals surface area (Å²) in [6.45, 7) is 3.95. The highest BCUT2D eigenvalue weighted by Crippen LogP contribution is 2.18. The van der Waals surface area contributed by atoms with Crippen molar-refractivity contribution in [1.29, 1.82) is 0 Å². The monoisotopic (exact) mass is 365 g/mol. The molecule has 0 saturated carbocycles. The molecule has 0 aliphatic rings. The first-order chi connectivity index (χ1) is 13.0. The molecule has 0 radical (unpaired) electrons. The van der Waals surface area contributed by atoms with Crippen LogP contribution in [0, 0.1) is 6.92 Å². The highest BCUT2D eigenvalue weighted by atomic mass is 16.2. The number of anilines is 1. The van der Waals surface area contributed by atoms with Crippen molar-refractivity contribution < 1.29 is 14.4 Å². The molecular formula is C19H19N5O3. The second-order valence-electron chi connectivity index (χ2n) is 6.04. The molecule has 138 valence electrons. The Morgan fingerprint density at radius 2 is 2.07 bits per heavy atom. The maximum Gasteiger partial charge on any atom is 0.272 e. The topological polar surface area (TPSA) is 117 Å². The van der Waals surface area contributed by atoms with Gasteiger partial charge < -0.3 is 15.6 Å². The van der Waals surface area contributed by atoms with Crippen LogP contribution in [-0.2, 0) is 11.3 Å². The van der Waals surface area contributed by atoms with E-state index in [1.165, 1.54) is 12.5 Å². The minimum Gasteiger partial charge on any atom is -0.357 e. The Morgan fingerprint density at radius 1 is 1.26 bits per heavy atom. The summed E-state index contributed by atoms with van der Waals surface area (Å²) in [5.74, 6) is -0.457. The van der Waals surface area contributed by atoms with Gasteiger partial charge in [-0.1, -0.05) is 19.1 Å². The third-order valence-corrected chi connectivity index (χ3v) is 4.19. The molecule has 3 aromatic rings. The summed E-state index contributed by atoms with van der Waals surface area (Å²) < 4.78 is 0. The van der Waals surface area contributed by atoms with Gasteiger partial charge in [0.05, 0.1) is 11.1 Å². The van der Waals surface area contributed by atoms with Crippen molar-refractivity contribution in [2.24, 2.45) is 0 Å². The Balaban J connectivity index is 1.76. The number of nitrogens with one attached hydrogen (secondary N) is 3. The maximum atomic E-state index is 12.5. The number of nitrogens with zero attached hydrogens (tertiary/aromatic N) is 2. The van der Waals surface area contributed by atoms with Gasteiger partial charge in [-0.2, -0.15) is 0 Å². The third-order valence-electron chi connectivity index (χ3n) is 4.19. The molecule has 0 spiro atoms. The molecule has 0 saturated heterocycles. The lowest BCUT2D eigenvalue weighted by Crippen LogP contribution is -2.24. The number of aryl methyl sites for hydroxylation is 1. The predicted molar refractivity (Wildman–Crippen MR) is 101 cm³/mol. The van der Waals surface area contributed by atoms with E-state index in [9.17, 15) is 14.4 Å². The molecule has 0 aliphatic heterocycles. The molecule has 0 fully saturated rings. The van der Waals surface area contributed by atoms with Crippen LogP contribution in [0.1, 0.15) is 45.3 Å². The Labute approximate surface area is 155 Å². The third kappa shape index (κ3) is 3.84. The predicted octanol–water partition coefficient (Wildman–Crippen LogP) is 2.36. The van der Waals surface area contributed by atoms with E-state index in [2.05, 4.69) is 25.6 Å².